The van der Waals surface area contributed by atoms with Crippen molar-refractivity contribution >= 4 is 6.29 Å². The molecule has 0 fully saturated rings. The zero-order valence-electron chi connectivity index (χ0n) is 33.3. The van der Waals surface area contributed by atoms with Crippen molar-refractivity contribution in [2.45, 2.75) is 194 Å². The van der Waals surface area contributed by atoms with Gasteiger partial charge >= 0.3 is 0 Å². The van der Waals surface area contributed by atoms with E-state index in [9.17, 15) is 9.90 Å². The van der Waals surface area contributed by atoms with Gasteiger partial charge in [0.05, 0.1) is 13.2 Å². The highest BCUT2D eigenvalue weighted by Gasteiger charge is 2.10. The second-order valence-electron chi connectivity index (χ2n) is 14.1. The van der Waals surface area contributed by atoms with Crippen molar-refractivity contribution in [2.24, 2.45) is 5.92 Å². The summed E-state index contributed by atoms with van der Waals surface area (Å²) in [5.74, 6) is 12.8. The van der Waals surface area contributed by atoms with Gasteiger partial charge in [0, 0.05) is 31.9 Å². The Labute approximate surface area is 310 Å². The van der Waals surface area contributed by atoms with E-state index in [2.05, 4.69) is 49.4 Å². The van der Waals surface area contributed by atoms with Gasteiger partial charge in [0.15, 0.2) is 6.29 Å². The zero-order chi connectivity index (χ0) is 36.4. The maximum absolute atomic E-state index is 11.5. The van der Waals surface area contributed by atoms with Crippen LogP contribution in [0.25, 0.3) is 0 Å². The van der Waals surface area contributed by atoms with E-state index in [0.717, 1.165) is 110 Å². The molecule has 0 aromatic rings. The topological polar surface area (TPSA) is 68.2 Å². The van der Waals surface area contributed by atoms with Crippen LogP contribution in [-0.2, 0) is 19.0 Å². The maximum atomic E-state index is 11.5. The molecule has 0 aliphatic heterocycles. The molecule has 6 nitrogen and oxygen atoms in total. The van der Waals surface area contributed by atoms with Crippen molar-refractivity contribution < 1.29 is 24.1 Å². The summed E-state index contributed by atoms with van der Waals surface area (Å²) in [7, 11) is 0. The molecule has 50 heavy (non-hydrogen) atoms. The SMILES string of the molecule is CCCCCC#CCOC(CCCCCCCN(CCO)CCCCCCC(C=O)COCCCCCCCCC)OCC#CCCCCC. The summed E-state index contributed by atoms with van der Waals surface area (Å²) >= 11 is 0. The highest BCUT2D eigenvalue weighted by Crippen LogP contribution is 2.14. The van der Waals surface area contributed by atoms with E-state index in [1.807, 2.05) is 0 Å². The molecule has 0 rings (SSSR count). The average molecular weight is 704 g/mol. The van der Waals surface area contributed by atoms with Gasteiger partial charge in [-0.25, -0.2) is 0 Å². The minimum atomic E-state index is -0.234. The molecule has 0 bridgehead atoms. The second-order valence-corrected chi connectivity index (χ2v) is 14.1. The Morgan fingerprint density at radius 3 is 1.58 bits per heavy atom. The van der Waals surface area contributed by atoms with Crippen molar-refractivity contribution in [3.8, 4) is 23.7 Å². The first-order valence-electron chi connectivity index (χ1n) is 21.2. The molecule has 0 radical (unpaired) electrons. The molecule has 0 amide bonds. The molecular formula is C44H81NO5. The van der Waals surface area contributed by atoms with Crippen molar-refractivity contribution in [1.82, 2.24) is 4.90 Å². The lowest BCUT2D eigenvalue weighted by Gasteiger charge is -2.21. The van der Waals surface area contributed by atoms with Gasteiger partial charge in [-0.2, -0.15) is 0 Å². The Morgan fingerprint density at radius 1 is 0.560 bits per heavy atom. The molecule has 292 valence electrons. The van der Waals surface area contributed by atoms with Crippen molar-refractivity contribution in [3.05, 3.63) is 0 Å². The van der Waals surface area contributed by atoms with Crippen LogP contribution in [0.3, 0.4) is 0 Å². The number of nitrogens with zero attached hydrogens (tertiary/aromatic N) is 1. The minimum Gasteiger partial charge on any atom is -0.395 e. The van der Waals surface area contributed by atoms with Crippen LogP contribution in [0.5, 0.6) is 0 Å². The van der Waals surface area contributed by atoms with E-state index >= 15 is 0 Å². The zero-order valence-corrected chi connectivity index (χ0v) is 33.3. The molecule has 6 heteroatoms. The Bertz CT molecular complexity index is 781. The first-order chi connectivity index (χ1) is 24.7. The summed E-state index contributed by atoms with van der Waals surface area (Å²) < 4.78 is 17.8. The van der Waals surface area contributed by atoms with E-state index in [1.54, 1.807) is 0 Å². The summed E-state index contributed by atoms with van der Waals surface area (Å²) in [5.41, 5.74) is 0. The highest BCUT2D eigenvalue weighted by atomic mass is 16.7. The molecule has 0 aliphatic carbocycles. The van der Waals surface area contributed by atoms with Crippen LogP contribution >= 0.6 is 0 Å². The molecule has 0 heterocycles. The number of hydrogen-bond donors (Lipinski definition) is 1. The lowest BCUT2D eigenvalue weighted by atomic mass is 10.0. The first-order valence-corrected chi connectivity index (χ1v) is 21.2. The third-order valence-corrected chi connectivity index (χ3v) is 9.29. The maximum Gasteiger partial charge on any atom is 0.160 e. The molecule has 0 saturated heterocycles. The van der Waals surface area contributed by atoms with Crippen LogP contribution in [0.2, 0.25) is 0 Å². The molecular weight excluding hydrogens is 622 g/mol. The summed E-state index contributed by atoms with van der Waals surface area (Å²) in [6.07, 6.45) is 31.1. The van der Waals surface area contributed by atoms with E-state index in [-0.39, 0.29) is 18.8 Å². The van der Waals surface area contributed by atoms with Crippen LogP contribution in [0, 0.1) is 29.6 Å². The summed E-state index contributed by atoms with van der Waals surface area (Å²) in [5, 5.41) is 9.58. The van der Waals surface area contributed by atoms with Gasteiger partial charge in [0.25, 0.3) is 0 Å². The Balaban J connectivity index is 4.10. The van der Waals surface area contributed by atoms with Gasteiger partial charge in [-0.15, -0.1) is 11.8 Å². The number of carbonyl (C=O) groups excluding carboxylic acids is 1. The third-order valence-electron chi connectivity index (χ3n) is 9.29. The fourth-order valence-corrected chi connectivity index (χ4v) is 6.03. The Morgan fingerprint density at radius 2 is 1.04 bits per heavy atom. The second kappa shape index (κ2) is 42.0. The Hall–Kier alpha value is -1.41. The summed E-state index contributed by atoms with van der Waals surface area (Å²) in [4.78, 5) is 13.9. The number of aldehydes is 1. The van der Waals surface area contributed by atoms with Crippen LogP contribution in [-0.4, -0.2) is 75.3 Å². The summed E-state index contributed by atoms with van der Waals surface area (Å²) in [6.45, 7) is 11.9. The van der Waals surface area contributed by atoms with Gasteiger partial charge in [-0.3, -0.25) is 0 Å². The van der Waals surface area contributed by atoms with Gasteiger partial charge in [0.1, 0.15) is 19.5 Å². The van der Waals surface area contributed by atoms with Gasteiger partial charge in [-0.05, 0) is 64.5 Å². The Kier molecular flexibility index (Phi) is 40.8. The number of hydrogen-bond acceptors (Lipinski definition) is 6. The standard InChI is InChI=1S/C44H81NO5/c1-4-7-10-13-16-22-29-38-48-42-43(41-47)32-25-19-21-28-35-45(36-37-46)34-27-20-17-18-26-33-44(49-39-30-23-14-11-8-5-2)50-40-31-24-15-12-9-6-3/h41,43-44,46H,4-22,25-29,32-40,42H2,1-3H3. The van der Waals surface area contributed by atoms with Gasteiger partial charge in [-0.1, -0.05) is 135 Å². The van der Waals surface area contributed by atoms with Crippen LogP contribution < -0.4 is 0 Å². The molecule has 1 N–H and O–H groups in total. The monoisotopic (exact) mass is 704 g/mol. The number of ether oxygens (including phenoxy) is 3. The molecule has 0 aromatic heterocycles. The number of aliphatic hydroxyl groups excluding tert-OH is 1. The molecule has 0 spiro atoms. The lowest BCUT2D eigenvalue weighted by molar-refractivity contribution is -0.128. The van der Waals surface area contributed by atoms with Crippen molar-refractivity contribution in [2.75, 3.05) is 52.7 Å². The number of carbonyl (C=O) groups is 1. The quantitative estimate of drug-likeness (QED) is 0.0299. The van der Waals surface area contributed by atoms with E-state index in [0.29, 0.717) is 19.8 Å². The first kappa shape index (κ1) is 48.6. The average Bonchev–Trinajstić information content (AvgIpc) is 3.12. The smallest absolute Gasteiger partial charge is 0.160 e. The van der Waals surface area contributed by atoms with E-state index < -0.39 is 0 Å². The normalized spacial score (nSPS) is 11.8. The number of aliphatic hydroxyl groups is 1. The molecule has 1 atom stereocenters. The van der Waals surface area contributed by atoms with Gasteiger partial charge < -0.3 is 29.0 Å². The van der Waals surface area contributed by atoms with Crippen molar-refractivity contribution in [1.29, 1.82) is 0 Å². The number of unbranched alkanes of at least 4 members (excludes halogenated alkanes) is 19. The number of rotatable bonds is 38. The predicted octanol–water partition coefficient (Wildman–Crippen LogP) is 10.7. The molecule has 0 aliphatic rings. The van der Waals surface area contributed by atoms with Crippen LogP contribution in [0.4, 0.5) is 0 Å². The largest absolute Gasteiger partial charge is 0.395 e. The third kappa shape index (κ3) is 36.4. The van der Waals surface area contributed by atoms with Gasteiger partial charge in [0.2, 0.25) is 0 Å². The van der Waals surface area contributed by atoms with Crippen molar-refractivity contribution in [3.63, 3.8) is 0 Å². The molecule has 1 unspecified atom stereocenters. The molecule has 0 aromatic carbocycles. The molecule has 0 saturated carbocycles. The fraction of sp³-hybridized carbons (Fsp3) is 0.886. The fourth-order valence-electron chi connectivity index (χ4n) is 6.03. The van der Waals surface area contributed by atoms with E-state index in [1.165, 1.54) is 89.9 Å². The minimum absolute atomic E-state index is 0.0372. The van der Waals surface area contributed by atoms with Crippen LogP contribution in [0.15, 0.2) is 0 Å². The van der Waals surface area contributed by atoms with E-state index in [4.69, 9.17) is 14.2 Å². The lowest BCUT2D eigenvalue weighted by Crippen LogP contribution is -2.29. The highest BCUT2D eigenvalue weighted by molar-refractivity contribution is 5.53. The van der Waals surface area contributed by atoms with Crippen LogP contribution in [0.1, 0.15) is 188 Å². The summed E-state index contributed by atoms with van der Waals surface area (Å²) in [6, 6.07) is 0. The predicted molar refractivity (Wildman–Crippen MR) is 212 cm³/mol.